The van der Waals surface area contributed by atoms with Crippen LogP contribution in [0.4, 0.5) is 0 Å². The SMILES string of the molecule is COc1ccccc1CC(N)c1ccccc1OC(C)C. The van der Waals surface area contributed by atoms with E-state index in [1.165, 1.54) is 0 Å². The summed E-state index contributed by atoms with van der Waals surface area (Å²) in [7, 11) is 1.68. The first-order valence-corrected chi connectivity index (χ1v) is 7.25. The third-order valence-corrected chi connectivity index (χ3v) is 3.31. The Morgan fingerprint density at radius 2 is 1.57 bits per heavy atom. The second-order valence-corrected chi connectivity index (χ2v) is 5.33. The molecule has 3 heteroatoms. The van der Waals surface area contributed by atoms with E-state index >= 15 is 0 Å². The molecule has 0 spiro atoms. The molecule has 0 aliphatic heterocycles. The Morgan fingerprint density at radius 3 is 2.24 bits per heavy atom. The summed E-state index contributed by atoms with van der Waals surface area (Å²) in [6, 6.07) is 15.8. The summed E-state index contributed by atoms with van der Waals surface area (Å²) < 4.78 is 11.2. The summed E-state index contributed by atoms with van der Waals surface area (Å²) in [6.07, 6.45) is 0.840. The Hall–Kier alpha value is -2.00. The molecule has 0 saturated carbocycles. The number of para-hydroxylation sites is 2. The van der Waals surface area contributed by atoms with Gasteiger partial charge in [0.15, 0.2) is 0 Å². The van der Waals surface area contributed by atoms with Crippen LogP contribution in [-0.4, -0.2) is 13.2 Å². The first-order chi connectivity index (χ1) is 10.1. The molecule has 0 saturated heterocycles. The van der Waals surface area contributed by atoms with Crippen LogP contribution in [0.3, 0.4) is 0 Å². The zero-order chi connectivity index (χ0) is 15.2. The number of methoxy groups -OCH3 is 1. The number of rotatable bonds is 6. The molecule has 0 bridgehead atoms. The molecule has 21 heavy (non-hydrogen) atoms. The lowest BCUT2D eigenvalue weighted by Crippen LogP contribution is -2.16. The molecule has 1 atom stereocenters. The van der Waals surface area contributed by atoms with E-state index < -0.39 is 0 Å². The molecular formula is C18H23NO2. The van der Waals surface area contributed by atoms with Crippen LogP contribution in [0.5, 0.6) is 11.5 Å². The average Bonchev–Trinajstić information content (AvgIpc) is 2.47. The minimum atomic E-state index is -0.128. The van der Waals surface area contributed by atoms with Crippen molar-refractivity contribution in [2.24, 2.45) is 5.73 Å². The largest absolute Gasteiger partial charge is 0.496 e. The fraction of sp³-hybridized carbons (Fsp3) is 0.333. The molecule has 0 aromatic heterocycles. The fourth-order valence-electron chi connectivity index (χ4n) is 2.37. The molecule has 1 unspecified atom stereocenters. The second kappa shape index (κ2) is 7.14. The van der Waals surface area contributed by atoms with Gasteiger partial charge in [0, 0.05) is 11.6 Å². The quantitative estimate of drug-likeness (QED) is 0.879. The van der Waals surface area contributed by atoms with E-state index in [-0.39, 0.29) is 12.1 Å². The summed E-state index contributed by atoms with van der Waals surface area (Å²) in [5.41, 5.74) is 8.52. The predicted molar refractivity (Wildman–Crippen MR) is 85.8 cm³/mol. The Morgan fingerprint density at radius 1 is 0.952 bits per heavy atom. The van der Waals surface area contributed by atoms with Crippen LogP contribution in [0.1, 0.15) is 31.0 Å². The van der Waals surface area contributed by atoms with Gasteiger partial charge >= 0.3 is 0 Å². The second-order valence-electron chi connectivity index (χ2n) is 5.33. The van der Waals surface area contributed by atoms with Crippen molar-refractivity contribution in [2.75, 3.05) is 7.11 Å². The molecule has 3 nitrogen and oxygen atoms in total. The van der Waals surface area contributed by atoms with Crippen molar-refractivity contribution in [3.63, 3.8) is 0 Å². The maximum absolute atomic E-state index is 6.39. The number of nitrogens with two attached hydrogens (primary N) is 1. The molecule has 2 rings (SSSR count). The van der Waals surface area contributed by atoms with Crippen molar-refractivity contribution < 1.29 is 9.47 Å². The van der Waals surface area contributed by atoms with Crippen molar-refractivity contribution in [3.05, 3.63) is 59.7 Å². The van der Waals surface area contributed by atoms with E-state index in [4.69, 9.17) is 15.2 Å². The molecule has 2 N–H and O–H groups in total. The third-order valence-electron chi connectivity index (χ3n) is 3.31. The Bertz CT molecular complexity index is 581. The molecule has 0 aliphatic rings. The molecule has 0 fully saturated rings. The number of hydrogen-bond acceptors (Lipinski definition) is 3. The van der Waals surface area contributed by atoms with Gasteiger partial charge in [-0.15, -0.1) is 0 Å². The number of benzene rings is 2. The first-order valence-electron chi connectivity index (χ1n) is 7.25. The lowest BCUT2D eigenvalue weighted by atomic mass is 9.98. The van der Waals surface area contributed by atoms with Crippen molar-refractivity contribution in [3.8, 4) is 11.5 Å². The molecule has 2 aromatic carbocycles. The van der Waals surface area contributed by atoms with Crippen LogP contribution in [0.25, 0.3) is 0 Å². The van der Waals surface area contributed by atoms with Gasteiger partial charge in [-0.1, -0.05) is 36.4 Å². The molecule has 2 aromatic rings. The molecule has 0 radical (unpaired) electrons. The monoisotopic (exact) mass is 285 g/mol. The van der Waals surface area contributed by atoms with Gasteiger partial charge in [-0.2, -0.15) is 0 Å². The van der Waals surface area contributed by atoms with Crippen LogP contribution < -0.4 is 15.2 Å². The maximum atomic E-state index is 6.39. The van der Waals surface area contributed by atoms with Gasteiger partial charge in [0.1, 0.15) is 11.5 Å². The molecule has 112 valence electrons. The normalized spacial score (nSPS) is 12.2. The minimum absolute atomic E-state index is 0.128. The van der Waals surface area contributed by atoms with Gasteiger partial charge in [0.2, 0.25) is 0 Å². The standard InChI is InChI=1S/C18H23NO2/c1-13(2)21-18-11-7-5-9-15(18)16(19)12-14-8-4-6-10-17(14)20-3/h4-11,13,16H,12,19H2,1-3H3. The highest BCUT2D eigenvalue weighted by Crippen LogP contribution is 2.29. The summed E-state index contributed by atoms with van der Waals surface area (Å²) in [4.78, 5) is 0. The van der Waals surface area contributed by atoms with Crippen LogP contribution >= 0.6 is 0 Å². The van der Waals surface area contributed by atoms with Gasteiger partial charge in [-0.3, -0.25) is 0 Å². The molecule has 0 amide bonds. The summed E-state index contributed by atoms with van der Waals surface area (Å²) in [6.45, 7) is 4.03. The van der Waals surface area contributed by atoms with Crippen LogP contribution in [0, 0.1) is 0 Å². The average molecular weight is 285 g/mol. The lowest BCUT2D eigenvalue weighted by molar-refractivity contribution is 0.238. The van der Waals surface area contributed by atoms with Crippen LogP contribution in [0.15, 0.2) is 48.5 Å². The van der Waals surface area contributed by atoms with Crippen molar-refractivity contribution in [2.45, 2.75) is 32.4 Å². The van der Waals surface area contributed by atoms with Gasteiger partial charge in [0.05, 0.1) is 13.2 Å². The summed E-state index contributed by atoms with van der Waals surface area (Å²) in [5.74, 6) is 1.73. The van der Waals surface area contributed by atoms with E-state index in [2.05, 4.69) is 0 Å². The highest BCUT2D eigenvalue weighted by atomic mass is 16.5. The van der Waals surface area contributed by atoms with Crippen LogP contribution in [-0.2, 0) is 6.42 Å². The smallest absolute Gasteiger partial charge is 0.124 e. The third kappa shape index (κ3) is 3.99. The van der Waals surface area contributed by atoms with Gasteiger partial charge < -0.3 is 15.2 Å². The highest BCUT2D eigenvalue weighted by Gasteiger charge is 2.15. The fourth-order valence-corrected chi connectivity index (χ4v) is 2.37. The summed E-state index contributed by atoms with van der Waals surface area (Å²) >= 11 is 0. The van der Waals surface area contributed by atoms with E-state index in [1.54, 1.807) is 7.11 Å². The van der Waals surface area contributed by atoms with Crippen molar-refractivity contribution in [1.82, 2.24) is 0 Å². The van der Waals surface area contributed by atoms with Crippen molar-refractivity contribution >= 4 is 0 Å². The zero-order valence-electron chi connectivity index (χ0n) is 12.9. The van der Waals surface area contributed by atoms with E-state index in [0.717, 1.165) is 22.6 Å². The Kier molecular flexibility index (Phi) is 5.23. The Balaban J connectivity index is 2.22. The number of hydrogen-bond donors (Lipinski definition) is 1. The minimum Gasteiger partial charge on any atom is -0.496 e. The van der Waals surface area contributed by atoms with E-state index in [0.29, 0.717) is 6.42 Å². The molecular weight excluding hydrogens is 262 g/mol. The van der Waals surface area contributed by atoms with Crippen molar-refractivity contribution in [1.29, 1.82) is 0 Å². The number of ether oxygens (including phenoxy) is 2. The van der Waals surface area contributed by atoms with Gasteiger partial charge in [0.25, 0.3) is 0 Å². The molecule has 0 heterocycles. The van der Waals surface area contributed by atoms with Gasteiger partial charge in [-0.25, -0.2) is 0 Å². The maximum Gasteiger partial charge on any atom is 0.124 e. The Labute approximate surface area is 126 Å². The lowest BCUT2D eigenvalue weighted by Gasteiger charge is -2.19. The topological polar surface area (TPSA) is 44.5 Å². The van der Waals surface area contributed by atoms with Crippen LogP contribution in [0.2, 0.25) is 0 Å². The molecule has 0 aliphatic carbocycles. The zero-order valence-corrected chi connectivity index (χ0v) is 12.9. The van der Waals surface area contributed by atoms with E-state index in [9.17, 15) is 0 Å². The predicted octanol–water partition coefficient (Wildman–Crippen LogP) is 3.72. The summed E-state index contributed by atoms with van der Waals surface area (Å²) in [5, 5.41) is 0. The first kappa shape index (κ1) is 15.4. The highest BCUT2D eigenvalue weighted by molar-refractivity contribution is 5.39. The van der Waals surface area contributed by atoms with E-state index in [1.807, 2.05) is 62.4 Å². The van der Waals surface area contributed by atoms with Gasteiger partial charge in [-0.05, 0) is 38.0 Å².